The molecule has 7 unspecified atom stereocenters. The van der Waals surface area contributed by atoms with E-state index in [1.54, 1.807) is 25.2 Å². The van der Waals surface area contributed by atoms with Crippen molar-refractivity contribution in [3.8, 4) is 0 Å². The van der Waals surface area contributed by atoms with E-state index in [1.807, 2.05) is 37.3 Å². The van der Waals surface area contributed by atoms with E-state index in [2.05, 4.69) is 26.8 Å². The first-order valence-corrected chi connectivity index (χ1v) is 14.9. The lowest BCUT2D eigenvalue weighted by Crippen LogP contribution is -2.49. The minimum Gasteiger partial charge on any atom is -0.507 e. The summed E-state index contributed by atoms with van der Waals surface area (Å²) in [7, 11) is 1.41. The van der Waals surface area contributed by atoms with E-state index in [-0.39, 0.29) is 42.8 Å². The molecule has 10 nitrogen and oxygen atoms in total. The maximum Gasteiger partial charge on any atom is 0.303 e. The maximum absolute atomic E-state index is 12.5. The number of carbonyl (C=O) groups is 3. The molecule has 2 fully saturated rings. The lowest BCUT2D eigenvalue weighted by molar-refractivity contribution is -0.267. The number of aliphatic hydroxyl groups is 3. The first kappa shape index (κ1) is 36.6. The van der Waals surface area contributed by atoms with Gasteiger partial charge in [-0.15, -0.1) is 0 Å². The number of carboxylic acids is 1. The number of aliphatic carboxylic acids is 1. The Morgan fingerprint density at radius 1 is 1.00 bits per heavy atom. The van der Waals surface area contributed by atoms with Crippen LogP contribution >= 0.6 is 0 Å². The van der Waals surface area contributed by atoms with Crippen molar-refractivity contribution in [2.75, 3.05) is 7.05 Å². The van der Waals surface area contributed by atoms with Crippen molar-refractivity contribution in [3.63, 3.8) is 0 Å². The largest absolute Gasteiger partial charge is 0.507 e. The van der Waals surface area contributed by atoms with Gasteiger partial charge in [-0.2, -0.15) is 0 Å². The number of hydrogen-bond donors (Lipinski definition) is 4. The SMILES string of the molecule is CC(C=CC=CC=CC=CC=CC(O)=C1C(=O)C(CCC(=O)O)N(C)C1=O)=CC(C)C(OC1CC(O)C(O)C(C)O1)C(C)C. The maximum atomic E-state index is 12.5. The summed E-state index contributed by atoms with van der Waals surface area (Å²) in [6.07, 6.45) is 16.4. The number of nitrogens with zero attached hydrogens (tertiary/aromatic N) is 1. The zero-order chi connectivity index (χ0) is 33.0. The third-order valence-electron chi connectivity index (χ3n) is 7.52. The van der Waals surface area contributed by atoms with Crippen molar-refractivity contribution in [2.24, 2.45) is 11.8 Å². The van der Waals surface area contributed by atoms with Crippen LogP contribution in [0.1, 0.15) is 53.9 Å². The summed E-state index contributed by atoms with van der Waals surface area (Å²) in [5.41, 5.74) is 0.726. The molecule has 0 aromatic heterocycles. The topological polar surface area (TPSA) is 154 Å². The Morgan fingerprint density at radius 3 is 2.11 bits per heavy atom. The van der Waals surface area contributed by atoms with Crippen LogP contribution in [0.15, 0.2) is 83.7 Å². The zero-order valence-electron chi connectivity index (χ0n) is 26.4. The van der Waals surface area contributed by atoms with Crippen molar-refractivity contribution >= 4 is 17.7 Å². The van der Waals surface area contributed by atoms with E-state index in [4.69, 9.17) is 14.6 Å². The molecule has 2 rings (SSSR count). The molecular formula is C34H47NO9. The molecule has 1 amide bonds. The van der Waals surface area contributed by atoms with Crippen LogP contribution in [-0.4, -0.2) is 86.8 Å². The highest BCUT2D eigenvalue weighted by Gasteiger charge is 2.42. The number of Topliss-reactive ketones (excluding diaryl/α,β-unsaturated/α-hetero) is 1. The van der Waals surface area contributed by atoms with E-state index >= 15 is 0 Å². The second kappa shape index (κ2) is 17.7. The third kappa shape index (κ3) is 10.9. The van der Waals surface area contributed by atoms with Gasteiger partial charge in [-0.1, -0.05) is 87.1 Å². The Bertz CT molecular complexity index is 1210. The van der Waals surface area contributed by atoms with Crippen LogP contribution in [0.3, 0.4) is 0 Å². The van der Waals surface area contributed by atoms with Gasteiger partial charge in [0.15, 0.2) is 12.1 Å². The number of aliphatic hydroxyl groups excluding tert-OH is 3. The number of carbonyl (C=O) groups excluding carboxylic acids is 2. The van der Waals surface area contributed by atoms with E-state index in [1.165, 1.54) is 19.2 Å². The summed E-state index contributed by atoms with van der Waals surface area (Å²) in [6, 6.07) is -0.894. The number of ether oxygens (including phenoxy) is 2. The molecule has 44 heavy (non-hydrogen) atoms. The van der Waals surface area contributed by atoms with E-state index < -0.39 is 54.1 Å². The second-order valence-corrected chi connectivity index (χ2v) is 11.5. The molecule has 0 bridgehead atoms. The number of amides is 1. The summed E-state index contributed by atoms with van der Waals surface area (Å²) in [4.78, 5) is 36.9. The molecule has 2 aliphatic heterocycles. The smallest absolute Gasteiger partial charge is 0.303 e. The highest BCUT2D eigenvalue weighted by Crippen LogP contribution is 2.28. The predicted octanol–water partition coefficient (Wildman–Crippen LogP) is 4.33. The minimum absolute atomic E-state index is 0.0119. The van der Waals surface area contributed by atoms with Crippen molar-refractivity contribution in [3.05, 3.63) is 83.7 Å². The molecule has 0 spiro atoms. The fourth-order valence-electron chi connectivity index (χ4n) is 5.15. The molecule has 7 atom stereocenters. The normalized spacial score (nSPS) is 28.2. The number of likely N-dealkylation sites (tertiary alicyclic amines) is 1. The average molecular weight is 614 g/mol. The van der Waals surface area contributed by atoms with Gasteiger partial charge in [0, 0.05) is 25.8 Å². The summed E-state index contributed by atoms with van der Waals surface area (Å²) in [6.45, 7) is 9.97. The van der Waals surface area contributed by atoms with Crippen LogP contribution < -0.4 is 0 Å². The van der Waals surface area contributed by atoms with Gasteiger partial charge in [0.1, 0.15) is 17.4 Å². The summed E-state index contributed by atoms with van der Waals surface area (Å²) < 4.78 is 12.0. The van der Waals surface area contributed by atoms with Crippen LogP contribution in [0.4, 0.5) is 0 Å². The molecule has 0 aromatic rings. The molecule has 2 aliphatic rings. The molecule has 2 saturated heterocycles. The number of hydrogen-bond acceptors (Lipinski definition) is 8. The Labute approximate surface area is 260 Å². The van der Waals surface area contributed by atoms with Gasteiger partial charge < -0.3 is 34.8 Å². The molecule has 10 heteroatoms. The predicted molar refractivity (Wildman–Crippen MR) is 167 cm³/mol. The third-order valence-corrected chi connectivity index (χ3v) is 7.52. The van der Waals surface area contributed by atoms with Gasteiger partial charge in [0.2, 0.25) is 0 Å². The minimum atomic E-state index is -1.06. The van der Waals surface area contributed by atoms with Gasteiger partial charge in [0.25, 0.3) is 5.91 Å². The summed E-state index contributed by atoms with van der Waals surface area (Å²) in [5, 5.41) is 39.1. The lowest BCUT2D eigenvalue weighted by atomic mass is 9.92. The fraction of sp³-hybridized carbons (Fsp3) is 0.500. The van der Waals surface area contributed by atoms with E-state index in [9.17, 15) is 29.7 Å². The van der Waals surface area contributed by atoms with Crippen molar-refractivity contribution in [1.29, 1.82) is 0 Å². The molecule has 0 saturated carbocycles. The van der Waals surface area contributed by atoms with E-state index in [0.717, 1.165) is 10.5 Å². The molecule has 242 valence electrons. The van der Waals surface area contributed by atoms with E-state index in [0.29, 0.717) is 0 Å². The van der Waals surface area contributed by atoms with Crippen LogP contribution in [0.25, 0.3) is 0 Å². The van der Waals surface area contributed by atoms with Gasteiger partial charge in [-0.25, -0.2) is 0 Å². The average Bonchev–Trinajstić information content (AvgIpc) is 3.16. The van der Waals surface area contributed by atoms with Crippen LogP contribution in [-0.2, 0) is 23.9 Å². The fourth-order valence-corrected chi connectivity index (χ4v) is 5.15. The van der Waals surface area contributed by atoms with Crippen LogP contribution in [0.5, 0.6) is 0 Å². The number of allylic oxidation sites excluding steroid dienone is 11. The lowest BCUT2D eigenvalue weighted by Gasteiger charge is -2.38. The molecule has 0 radical (unpaired) electrons. The Balaban J connectivity index is 1.87. The summed E-state index contributed by atoms with van der Waals surface area (Å²) >= 11 is 0. The van der Waals surface area contributed by atoms with Gasteiger partial charge in [-0.05, 0) is 32.3 Å². The monoisotopic (exact) mass is 613 g/mol. The van der Waals surface area contributed by atoms with Crippen LogP contribution in [0, 0.1) is 11.8 Å². The van der Waals surface area contributed by atoms with Crippen molar-refractivity contribution in [2.45, 2.75) is 90.6 Å². The van der Waals surface area contributed by atoms with Gasteiger partial charge in [-0.3, -0.25) is 14.4 Å². The summed E-state index contributed by atoms with van der Waals surface area (Å²) in [5.74, 6) is -2.43. The standard InChI is InChI=1S/C34H47NO9/c1-21(2)33(44-29-20-27(37)31(40)24(5)43-29)23(4)19-22(3)15-13-11-9-7-8-10-12-14-16-26(36)30-32(41)25(17-18-28(38)39)35(6)34(30)42/h7-16,19,21,23-25,27,29,31,33,36-37,40H,17-18,20H2,1-6H3,(H,38,39). The molecule has 0 aliphatic carbocycles. The Kier molecular flexibility index (Phi) is 14.7. The quantitative estimate of drug-likeness (QED) is 0.0970. The zero-order valence-corrected chi connectivity index (χ0v) is 26.4. The molecular weight excluding hydrogens is 566 g/mol. The molecule has 2 heterocycles. The van der Waals surface area contributed by atoms with Gasteiger partial charge in [0.05, 0.1) is 24.4 Å². The molecule has 4 N–H and O–H groups in total. The highest BCUT2D eigenvalue weighted by molar-refractivity contribution is 6.27. The first-order chi connectivity index (χ1) is 20.7. The Hall–Kier alpha value is -3.57. The number of ketones is 1. The number of likely N-dealkylation sites (N-methyl/N-ethyl adjacent to an activating group) is 1. The van der Waals surface area contributed by atoms with Crippen molar-refractivity contribution in [1.82, 2.24) is 4.90 Å². The molecule has 0 aromatic carbocycles. The number of carboxylic acid groups (broad SMARTS) is 1. The number of rotatable bonds is 14. The van der Waals surface area contributed by atoms with Gasteiger partial charge >= 0.3 is 5.97 Å². The second-order valence-electron chi connectivity index (χ2n) is 11.5. The first-order valence-electron chi connectivity index (χ1n) is 14.9. The van der Waals surface area contributed by atoms with Crippen molar-refractivity contribution < 1.29 is 44.3 Å². The Morgan fingerprint density at radius 2 is 1.57 bits per heavy atom. The highest BCUT2D eigenvalue weighted by atomic mass is 16.7. The van der Waals surface area contributed by atoms with Crippen LogP contribution in [0.2, 0.25) is 0 Å².